The molecule has 0 saturated carbocycles. The van der Waals surface area contributed by atoms with E-state index in [1.165, 1.54) is 0 Å². The minimum Gasteiger partial charge on any atom is -0.497 e. The first kappa shape index (κ1) is 12.7. The van der Waals surface area contributed by atoms with E-state index in [1.807, 2.05) is 42.5 Å². The molecular formula is C15H13ClO2. The molecule has 2 nitrogen and oxygen atoms in total. The summed E-state index contributed by atoms with van der Waals surface area (Å²) in [4.78, 5) is 10.7. The third-order valence-corrected chi connectivity index (χ3v) is 2.99. The average molecular weight is 261 g/mol. The zero-order valence-corrected chi connectivity index (χ0v) is 10.8. The summed E-state index contributed by atoms with van der Waals surface area (Å²) in [6.45, 7) is 0. The predicted molar refractivity (Wildman–Crippen MR) is 73.2 cm³/mol. The Kier molecular flexibility index (Phi) is 4.00. The molecule has 0 heterocycles. The summed E-state index contributed by atoms with van der Waals surface area (Å²) in [5, 5.41) is 0.673. The highest BCUT2D eigenvalue weighted by molar-refractivity contribution is 6.30. The number of rotatable bonds is 4. The molecule has 0 atom stereocenters. The molecule has 0 unspecified atom stereocenters. The van der Waals surface area contributed by atoms with Crippen LogP contribution in [0.1, 0.15) is 5.56 Å². The van der Waals surface area contributed by atoms with E-state index >= 15 is 0 Å². The van der Waals surface area contributed by atoms with Crippen molar-refractivity contribution in [3.05, 3.63) is 53.1 Å². The number of hydrogen-bond donors (Lipinski definition) is 0. The molecule has 3 heteroatoms. The summed E-state index contributed by atoms with van der Waals surface area (Å²) in [7, 11) is 1.62. The average Bonchev–Trinajstić information content (AvgIpc) is 2.39. The molecule has 0 saturated heterocycles. The van der Waals surface area contributed by atoms with Crippen molar-refractivity contribution in [3.63, 3.8) is 0 Å². The first-order valence-electron chi connectivity index (χ1n) is 5.61. The van der Waals surface area contributed by atoms with Crippen LogP contribution in [0.4, 0.5) is 0 Å². The van der Waals surface area contributed by atoms with Gasteiger partial charge in [-0.25, -0.2) is 0 Å². The van der Waals surface area contributed by atoms with Crippen LogP contribution in [0.25, 0.3) is 11.1 Å². The Morgan fingerprint density at radius 3 is 2.72 bits per heavy atom. The van der Waals surface area contributed by atoms with Crippen LogP contribution in [-0.4, -0.2) is 13.4 Å². The van der Waals surface area contributed by atoms with Gasteiger partial charge in [-0.1, -0.05) is 29.8 Å². The highest BCUT2D eigenvalue weighted by atomic mass is 35.5. The summed E-state index contributed by atoms with van der Waals surface area (Å²) < 4.78 is 5.22. The molecule has 0 radical (unpaired) electrons. The van der Waals surface area contributed by atoms with E-state index in [9.17, 15) is 4.79 Å². The van der Waals surface area contributed by atoms with E-state index in [2.05, 4.69) is 0 Å². The van der Waals surface area contributed by atoms with Crippen LogP contribution in [0.2, 0.25) is 5.02 Å². The van der Waals surface area contributed by atoms with Gasteiger partial charge in [0.05, 0.1) is 7.11 Å². The quantitative estimate of drug-likeness (QED) is 0.783. The van der Waals surface area contributed by atoms with E-state index in [0.717, 1.165) is 28.7 Å². The maximum absolute atomic E-state index is 10.7. The third kappa shape index (κ3) is 2.71. The van der Waals surface area contributed by atoms with E-state index in [-0.39, 0.29) is 0 Å². The Labute approximate surface area is 111 Å². The zero-order valence-electron chi connectivity index (χ0n) is 10.0. The van der Waals surface area contributed by atoms with Gasteiger partial charge >= 0.3 is 0 Å². The van der Waals surface area contributed by atoms with E-state index in [0.29, 0.717) is 11.4 Å². The van der Waals surface area contributed by atoms with Crippen LogP contribution in [0, 0.1) is 0 Å². The first-order valence-corrected chi connectivity index (χ1v) is 5.99. The number of hydrogen-bond acceptors (Lipinski definition) is 2. The number of methoxy groups -OCH3 is 1. The van der Waals surface area contributed by atoms with Crippen LogP contribution >= 0.6 is 11.6 Å². The highest BCUT2D eigenvalue weighted by Gasteiger charge is 2.07. The maximum atomic E-state index is 10.7. The lowest BCUT2D eigenvalue weighted by atomic mass is 9.98. The van der Waals surface area contributed by atoms with Crippen molar-refractivity contribution in [3.8, 4) is 16.9 Å². The second kappa shape index (κ2) is 5.69. The Bertz CT molecular complexity index is 564. The molecule has 0 aromatic heterocycles. The molecule has 0 bridgehead atoms. The second-order valence-corrected chi connectivity index (χ2v) is 4.34. The van der Waals surface area contributed by atoms with Gasteiger partial charge in [0.1, 0.15) is 12.0 Å². The molecule has 0 spiro atoms. The number of carbonyl (C=O) groups is 1. The number of ether oxygens (including phenoxy) is 1. The number of aldehydes is 1. The van der Waals surface area contributed by atoms with E-state index < -0.39 is 0 Å². The smallest absolute Gasteiger partial charge is 0.124 e. The van der Waals surface area contributed by atoms with Gasteiger partial charge in [0.15, 0.2) is 0 Å². The molecule has 18 heavy (non-hydrogen) atoms. The molecule has 0 aliphatic heterocycles. The van der Waals surface area contributed by atoms with Gasteiger partial charge in [0.25, 0.3) is 0 Å². The molecule has 0 N–H and O–H groups in total. The molecule has 2 aromatic carbocycles. The van der Waals surface area contributed by atoms with Crippen LogP contribution in [0.3, 0.4) is 0 Å². The monoisotopic (exact) mass is 260 g/mol. The van der Waals surface area contributed by atoms with Crippen molar-refractivity contribution in [2.45, 2.75) is 6.42 Å². The van der Waals surface area contributed by atoms with Crippen LogP contribution in [0.5, 0.6) is 5.75 Å². The van der Waals surface area contributed by atoms with E-state index in [4.69, 9.17) is 16.3 Å². The van der Waals surface area contributed by atoms with Crippen molar-refractivity contribution in [1.29, 1.82) is 0 Å². The number of halogens is 1. The Balaban J connectivity index is 2.55. The standard InChI is InChI=1S/C15H13ClO2/c1-18-14-6-5-11(7-8-17)15(10-14)12-3-2-4-13(16)9-12/h2-6,8-10H,7H2,1H3. The van der Waals surface area contributed by atoms with Gasteiger partial charge in [0.2, 0.25) is 0 Å². The van der Waals surface area contributed by atoms with Crippen LogP contribution in [0.15, 0.2) is 42.5 Å². The fourth-order valence-corrected chi connectivity index (χ4v) is 2.07. The van der Waals surface area contributed by atoms with Crippen molar-refractivity contribution in [1.82, 2.24) is 0 Å². The number of benzene rings is 2. The minimum absolute atomic E-state index is 0.381. The van der Waals surface area contributed by atoms with Gasteiger partial charge in [-0.2, -0.15) is 0 Å². The van der Waals surface area contributed by atoms with Crippen molar-refractivity contribution in [2.75, 3.05) is 7.11 Å². The van der Waals surface area contributed by atoms with E-state index in [1.54, 1.807) is 7.11 Å². The summed E-state index contributed by atoms with van der Waals surface area (Å²) in [6, 6.07) is 13.2. The molecule has 0 aliphatic rings. The third-order valence-electron chi connectivity index (χ3n) is 2.76. The summed E-state index contributed by atoms with van der Waals surface area (Å²) in [6.07, 6.45) is 1.28. The van der Waals surface area contributed by atoms with Gasteiger partial charge in [0, 0.05) is 11.4 Å². The second-order valence-electron chi connectivity index (χ2n) is 3.90. The molecule has 2 aromatic rings. The lowest BCUT2D eigenvalue weighted by Gasteiger charge is -2.10. The molecular weight excluding hydrogens is 248 g/mol. The van der Waals surface area contributed by atoms with Crippen molar-refractivity contribution < 1.29 is 9.53 Å². The predicted octanol–water partition coefficient (Wildman–Crippen LogP) is 3.76. The zero-order chi connectivity index (χ0) is 13.0. The summed E-state index contributed by atoms with van der Waals surface area (Å²) in [5.41, 5.74) is 2.93. The van der Waals surface area contributed by atoms with Gasteiger partial charge in [-0.3, -0.25) is 0 Å². The molecule has 92 valence electrons. The number of carbonyl (C=O) groups excluding carboxylic acids is 1. The Hall–Kier alpha value is -1.80. The molecule has 0 amide bonds. The van der Waals surface area contributed by atoms with Gasteiger partial charge in [-0.15, -0.1) is 0 Å². The fraction of sp³-hybridized carbons (Fsp3) is 0.133. The molecule has 0 aliphatic carbocycles. The fourth-order valence-electron chi connectivity index (χ4n) is 1.88. The van der Waals surface area contributed by atoms with Crippen LogP contribution < -0.4 is 4.74 Å². The Morgan fingerprint density at radius 2 is 2.06 bits per heavy atom. The summed E-state index contributed by atoms with van der Waals surface area (Å²) >= 11 is 6.00. The van der Waals surface area contributed by atoms with Gasteiger partial charge in [-0.05, 0) is 41.0 Å². The van der Waals surface area contributed by atoms with Crippen LogP contribution in [-0.2, 0) is 11.2 Å². The van der Waals surface area contributed by atoms with Crippen molar-refractivity contribution in [2.24, 2.45) is 0 Å². The SMILES string of the molecule is COc1ccc(CC=O)c(-c2cccc(Cl)c2)c1. The topological polar surface area (TPSA) is 26.3 Å². The molecule has 2 rings (SSSR count). The highest BCUT2D eigenvalue weighted by Crippen LogP contribution is 2.29. The summed E-state index contributed by atoms with van der Waals surface area (Å²) in [5.74, 6) is 0.764. The Morgan fingerprint density at radius 1 is 1.22 bits per heavy atom. The maximum Gasteiger partial charge on any atom is 0.124 e. The van der Waals surface area contributed by atoms with Gasteiger partial charge < -0.3 is 9.53 Å². The lowest BCUT2D eigenvalue weighted by molar-refractivity contribution is -0.107. The first-order chi connectivity index (χ1) is 8.74. The largest absolute Gasteiger partial charge is 0.497 e. The minimum atomic E-state index is 0.381. The lowest BCUT2D eigenvalue weighted by Crippen LogP contribution is -1.93. The molecule has 0 fully saturated rings. The normalized spacial score (nSPS) is 10.1. The van der Waals surface area contributed by atoms with Crippen molar-refractivity contribution >= 4 is 17.9 Å².